The zero-order valence-corrected chi connectivity index (χ0v) is 11.1. The predicted molar refractivity (Wildman–Crippen MR) is 54.6 cm³/mol. The van der Waals surface area contributed by atoms with Crippen LogP contribution in [0.3, 0.4) is 0 Å². The van der Waals surface area contributed by atoms with Crippen molar-refractivity contribution >= 4 is 15.6 Å². The third-order valence-corrected chi connectivity index (χ3v) is 2.99. The molecular weight excluding hydrogens is 274 g/mol. The minimum absolute atomic E-state index is 0.132. The Hall–Kier alpha value is 0.220. The van der Waals surface area contributed by atoms with Crippen LogP contribution in [0.4, 0.5) is 0 Å². The molecule has 0 radical (unpaired) electrons. The molecule has 0 aromatic carbocycles. The number of hydrogen-bond donors (Lipinski definition) is 2. The Balaban J connectivity index is 3.71. The molecule has 0 aromatic rings. The van der Waals surface area contributed by atoms with Gasteiger partial charge in [-0.25, -0.2) is 4.57 Å². The first-order chi connectivity index (χ1) is 7.64. The van der Waals surface area contributed by atoms with Crippen LogP contribution in [0.25, 0.3) is 0 Å². The molecule has 0 rings (SSSR count). The molecule has 0 aliphatic heterocycles. The first-order valence-electron chi connectivity index (χ1n) is 5.04. The number of hydrogen-bond acceptors (Lipinski definition) is 6. The monoisotopic (exact) mass is 290 g/mol. The highest BCUT2D eigenvalue weighted by molar-refractivity contribution is 7.46. The van der Waals surface area contributed by atoms with E-state index in [1.54, 1.807) is 6.92 Å². The summed E-state index contributed by atoms with van der Waals surface area (Å²) in [6.07, 6.45) is 0.778. The topological polar surface area (TPSA) is 139 Å². The highest BCUT2D eigenvalue weighted by Gasteiger charge is 2.13. The van der Waals surface area contributed by atoms with Crippen molar-refractivity contribution in [1.82, 2.24) is 0 Å². The molecule has 0 amide bonds. The largest absolute Gasteiger partial charge is 0.790 e. The van der Waals surface area contributed by atoms with Crippen LogP contribution < -0.4 is 9.79 Å². The lowest BCUT2D eigenvalue weighted by atomic mass is 10.1. The molecule has 0 aliphatic rings. The van der Waals surface area contributed by atoms with E-state index in [1.807, 2.05) is 0 Å². The maximum Gasteiger partial charge on any atom is 0.469 e. The van der Waals surface area contributed by atoms with E-state index in [4.69, 9.17) is 9.79 Å². The molecule has 0 spiro atoms. The van der Waals surface area contributed by atoms with Crippen molar-refractivity contribution in [3.63, 3.8) is 0 Å². The van der Waals surface area contributed by atoms with Crippen LogP contribution in [0.15, 0.2) is 0 Å². The summed E-state index contributed by atoms with van der Waals surface area (Å²) in [5.41, 5.74) is 0. The van der Waals surface area contributed by atoms with E-state index in [9.17, 15) is 18.9 Å². The highest BCUT2D eigenvalue weighted by Crippen LogP contribution is 2.36. The molecule has 1 atom stereocenters. The molecule has 0 bridgehead atoms. The molecular formula is C7H16O8P2-2. The molecule has 1 unspecified atom stereocenters. The van der Waals surface area contributed by atoms with Crippen LogP contribution in [-0.4, -0.2) is 22.5 Å². The van der Waals surface area contributed by atoms with Gasteiger partial charge in [-0.3, -0.25) is 4.52 Å². The fourth-order valence-electron chi connectivity index (χ4n) is 1.17. The van der Waals surface area contributed by atoms with E-state index in [-0.39, 0.29) is 6.61 Å². The number of phosphoric ester groups is 2. The highest BCUT2D eigenvalue weighted by atomic mass is 31.2. The molecule has 0 heterocycles. The van der Waals surface area contributed by atoms with Crippen LogP contribution in [0.1, 0.15) is 32.6 Å². The Bertz CT molecular complexity index is 294. The van der Waals surface area contributed by atoms with Crippen molar-refractivity contribution < 1.29 is 37.8 Å². The summed E-state index contributed by atoms with van der Waals surface area (Å²) in [6.45, 7) is 1.54. The average Bonchev–Trinajstić information content (AvgIpc) is 2.11. The Kier molecular flexibility index (Phi) is 7.71. The molecule has 0 saturated heterocycles. The predicted octanol–water partition coefficient (Wildman–Crippen LogP) is -0.110. The Morgan fingerprint density at radius 2 is 1.82 bits per heavy atom. The van der Waals surface area contributed by atoms with Gasteiger partial charge in [-0.15, -0.1) is 0 Å². The summed E-state index contributed by atoms with van der Waals surface area (Å²) in [4.78, 5) is 37.4. The SMILES string of the molecule is CCC(CCCCOP(=O)(O)O)OP(=O)([O-])[O-]. The minimum atomic E-state index is -4.98. The van der Waals surface area contributed by atoms with Crippen molar-refractivity contribution in [3.8, 4) is 0 Å². The van der Waals surface area contributed by atoms with E-state index in [0.717, 1.165) is 0 Å². The van der Waals surface area contributed by atoms with Gasteiger partial charge in [0.15, 0.2) is 0 Å². The molecule has 0 fully saturated rings. The second kappa shape index (κ2) is 7.61. The van der Waals surface area contributed by atoms with Gasteiger partial charge < -0.3 is 28.7 Å². The van der Waals surface area contributed by atoms with Crippen molar-refractivity contribution in [1.29, 1.82) is 0 Å². The van der Waals surface area contributed by atoms with Gasteiger partial charge in [0.1, 0.15) is 0 Å². The van der Waals surface area contributed by atoms with Gasteiger partial charge in [0.2, 0.25) is 0 Å². The minimum Gasteiger partial charge on any atom is -0.790 e. The van der Waals surface area contributed by atoms with Crippen molar-refractivity contribution in [2.75, 3.05) is 6.61 Å². The molecule has 0 aromatic heterocycles. The van der Waals surface area contributed by atoms with Crippen molar-refractivity contribution in [2.24, 2.45) is 0 Å². The lowest BCUT2D eigenvalue weighted by molar-refractivity contribution is -0.345. The van der Waals surface area contributed by atoms with Gasteiger partial charge >= 0.3 is 7.82 Å². The molecule has 10 heteroatoms. The zero-order valence-electron chi connectivity index (χ0n) is 9.35. The summed E-state index contributed by atoms with van der Waals surface area (Å²) in [5.74, 6) is 0. The van der Waals surface area contributed by atoms with E-state index in [1.165, 1.54) is 0 Å². The average molecular weight is 290 g/mol. The zero-order chi connectivity index (χ0) is 13.5. The number of unbranched alkanes of at least 4 members (excludes halogenated alkanes) is 1. The maximum absolute atomic E-state index is 10.3. The first kappa shape index (κ1) is 17.2. The molecule has 0 aliphatic carbocycles. The summed E-state index contributed by atoms with van der Waals surface area (Å²) in [5, 5.41) is 0. The van der Waals surface area contributed by atoms with Crippen LogP contribution >= 0.6 is 15.6 Å². The summed E-state index contributed by atoms with van der Waals surface area (Å²) in [6, 6.07) is 0. The lowest BCUT2D eigenvalue weighted by Crippen LogP contribution is -2.22. The van der Waals surface area contributed by atoms with Gasteiger partial charge in [0, 0.05) is 0 Å². The first-order valence-corrected chi connectivity index (χ1v) is 8.03. The normalized spacial score (nSPS) is 14.9. The molecule has 2 N–H and O–H groups in total. The lowest BCUT2D eigenvalue weighted by Gasteiger charge is -2.33. The summed E-state index contributed by atoms with van der Waals surface area (Å²) in [7, 11) is -9.42. The van der Waals surface area contributed by atoms with Crippen LogP contribution in [0.2, 0.25) is 0 Å². The fourth-order valence-corrected chi connectivity index (χ4v) is 2.16. The number of rotatable bonds is 9. The van der Waals surface area contributed by atoms with Gasteiger partial charge in [-0.05, 0) is 25.7 Å². The molecule has 104 valence electrons. The van der Waals surface area contributed by atoms with Crippen molar-refractivity contribution in [2.45, 2.75) is 38.7 Å². The smallest absolute Gasteiger partial charge is 0.469 e. The standard InChI is InChI=1S/C7H18O8P2/c1-2-7(15-17(11,12)13)5-3-4-6-14-16(8,9)10/h7H,2-6H2,1H3,(H2,8,9,10)(H2,11,12,13)/p-2. The van der Waals surface area contributed by atoms with Crippen LogP contribution in [-0.2, 0) is 18.2 Å². The van der Waals surface area contributed by atoms with Crippen molar-refractivity contribution in [3.05, 3.63) is 0 Å². The maximum atomic E-state index is 10.3. The Morgan fingerprint density at radius 1 is 1.24 bits per heavy atom. The third-order valence-electron chi connectivity index (χ3n) is 1.91. The second-order valence-corrected chi connectivity index (χ2v) is 5.75. The van der Waals surface area contributed by atoms with Gasteiger partial charge in [0.25, 0.3) is 0 Å². The Labute approximate surface area is 99.4 Å². The molecule has 8 nitrogen and oxygen atoms in total. The van der Waals surface area contributed by atoms with Gasteiger partial charge in [0.05, 0.1) is 20.5 Å². The van der Waals surface area contributed by atoms with E-state index < -0.39 is 21.7 Å². The second-order valence-electron chi connectivity index (χ2n) is 3.40. The fraction of sp³-hybridized carbons (Fsp3) is 1.00. The molecule has 0 saturated carbocycles. The third kappa shape index (κ3) is 12.5. The van der Waals surface area contributed by atoms with E-state index in [0.29, 0.717) is 25.7 Å². The Morgan fingerprint density at radius 3 is 2.24 bits per heavy atom. The quantitative estimate of drug-likeness (QED) is 0.443. The summed E-state index contributed by atoms with van der Waals surface area (Å²) >= 11 is 0. The molecule has 17 heavy (non-hydrogen) atoms. The van der Waals surface area contributed by atoms with Crippen LogP contribution in [0.5, 0.6) is 0 Å². The van der Waals surface area contributed by atoms with Gasteiger partial charge in [-0.1, -0.05) is 6.92 Å². The van der Waals surface area contributed by atoms with Gasteiger partial charge in [-0.2, -0.15) is 0 Å². The number of phosphoric acid groups is 2. The summed E-state index contributed by atoms with van der Waals surface area (Å²) < 4.78 is 29.1. The van der Waals surface area contributed by atoms with Crippen LogP contribution in [0, 0.1) is 0 Å². The van der Waals surface area contributed by atoms with E-state index in [2.05, 4.69) is 9.05 Å². The van der Waals surface area contributed by atoms with E-state index >= 15 is 0 Å².